The lowest BCUT2D eigenvalue weighted by Gasteiger charge is -2.09. The van der Waals surface area contributed by atoms with E-state index in [9.17, 15) is 4.79 Å². The third-order valence-corrected chi connectivity index (χ3v) is 3.53. The Morgan fingerprint density at radius 2 is 1.86 bits per heavy atom. The molecule has 2 N–H and O–H groups in total. The number of carbonyl (C=O) groups excluding carboxylic acids is 1. The lowest BCUT2D eigenvalue weighted by Crippen LogP contribution is -2.21. The van der Waals surface area contributed by atoms with Gasteiger partial charge in [-0.2, -0.15) is 5.26 Å². The minimum atomic E-state index is -0.122. The fraction of sp³-hybridized carbons (Fsp3) is 0.125. The lowest BCUT2D eigenvalue weighted by molar-refractivity contribution is -0.114. The van der Waals surface area contributed by atoms with Crippen molar-refractivity contribution < 1.29 is 4.79 Å². The van der Waals surface area contributed by atoms with Crippen LogP contribution in [-0.2, 0) is 11.2 Å². The van der Waals surface area contributed by atoms with Gasteiger partial charge in [-0.25, -0.2) is 0 Å². The van der Waals surface area contributed by atoms with E-state index in [2.05, 4.69) is 32.6 Å². The smallest absolute Gasteiger partial charge is 0.243 e. The first-order valence-corrected chi connectivity index (χ1v) is 7.22. The minimum Gasteiger partial charge on any atom is -0.376 e. The van der Waals surface area contributed by atoms with Crippen molar-refractivity contribution >= 4 is 33.2 Å². The summed E-state index contributed by atoms with van der Waals surface area (Å²) in [6, 6.07) is 17.0. The van der Waals surface area contributed by atoms with Crippen molar-refractivity contribution in [3.8, 4) is 6.07 Å². The Balaban J connectivity index is 1.87. The highest BCUT2D eigenvalue weighted by Crippen LogP contribution is 2.21. The van der Waals surface area contributed by atoms with E-state index in [1.807, 2.05) is 48.5 Å². The van der Waals surface area contributed by atoms with Crippen LogP contribution in [0.2, 0.25) is 0 Å². The average Bonchev–Trinajstić information content (AvgIpc) is 2.49. The maximum absolute atomic E-state index is 11.9. The molecule has 0 saturated heterocycles. The number of amides is 1. The molecule has 2 aromatic rings. The quantitative estimate of drug-likeness (QED) is 0.872. The van der Waals surface area contributed by atoms with Gasteiger partial charge in [-0.05, 0) is 45.8 Å². The normalized spacial score (nSPS) is 9.71. The number of carbonyl (C=O) groups is 1. The third-order valence-electron chi connectivity index (χ3n) is 2.84. The Kier molecular flexibility index (Phi) is 5.35. The third kappa shape index (κ3) is 4.62. The molecule has 2 aromatic carbocycles. The van der Waals surface area contributed by atoms with Gasteiger partial charge in [-0.1, -0.05) is 24.3 Å². The maximum atomic E-state index is 11.9. The standard InChI is InChI=1S/C16H14BrN3O/c17-14-3-1-2-4-15(14)20-16(21)11-19-13-7-5-12(6-8-13)9-10-18/h1-8,19H,9,11H2,(H,20,21). The molecule has 0 aliphatic carbocycles. The topological polar surface area (TPSA) is 64.9 Å². The van der Waals surface area contributed by atoms with Crippen molar-refractivity contribution in [1.82, 2.24) is 0 Å². The zero-order chi connectivity index (χ0) is 15.1. The molecule has 0 spiro atoms. The molecule has 0 radical (unpaired) electrons. The van der Waals surface area contributed by atoms with E-state index in [1.165, 1.54) is 0 Å². The van der Waals surface area contributed by atoms with Gasteiger partial charge in [0.2, 0.25) is 5.91 Å². The molecule has 0 bridgehead atoms. The van der Waals surface area contributed by atoms with E-state index in [0.717, 1.165) is 21.4 Å². The number of hydrogen-bond acceptors (Lipinski definition) is 3. The molecule has 0 aromatic heterocycles. The molecule has 0 fully saturated rings. The van der Waals surface area contributed by atoms with Crippen molar-refractivity contribution in [2.45, 2.75) is 6.42 Å². The monoisotopic (exact) mass is 343 g/mol. The summed E-state index contributed by atoms with van der Waals surface area (Å²) in [5.74, 6) is -0.122. The van der Waals surface area contributed by atoms with E-state index in [4.69, 9.17) is 5.26 Å². The van der Waals surface area contributed by atoms with Crippen LogP contribution in [0.1, 0.15) is 5.56 Å². The van der Waals surface area contributed by atoms with Crippen molar-refractivity contribution in [1.29, 1.82) is 5.26 Å². The molecule has 21 heavy (non-hydrogen) atoms. The first kappa shape index (κ1) is 15.1. The van der Waals surface area contributed by atoms with Gasteiger partial charge >= 0.3 is 0 Å². The highest BCUT2D eigenvalue weighted by atomic mass is 79.9. The summed E-state index contributed by atoms with van der Waals surface area (Å²) in [5.41, 5.74) is 2.55. The van der Waals surface area contributed by atoms with Crippen molar-refractivity contribution in [2.75, 3.05) is 17.2 Å². The number of nitrogens with zero attached hydrogens (tertiary/aromatic N) is 1. The van der Waals surface area contributed by atoms with Crippen LogP contribution in [0, 0.1) is 11.3 Å². The first-order valence-electron chi connectivity index (χ1n) is 6.43. The van der Waals surface area contributed by atoms with Crippen molar-refractivity contribution in [3.05, 3.63) is 58.6 Å². The number of hydrogen-bond donors (Lipinski definition) is 2. The molecule has 0 saturated carbocycles. The van der Waals surface area contributed by atoms with Crippen molar-refractivity contribution in [2.24, 2.45) is 0 Å². The van der Waals surface area contributed by atoms with Gasteiger partial charge in [0.05, 0.1) is 24.7 Å². The van der Waals surface area contributed by atoms with Gasteiger partial charge in [-0.15, -0.1) is 0 Å². The van der Waals surface area contributed by atoms with Crippen LogP contribution in [-0.4, -0.2) is 12.5 Å². The van der Waals surface area contributed by atoms with Gasteiger partial charge < -0.3 is 10.6 Å². The van der Waals surface area contributed by atoms with Crippen LogP contribution in [0.3, 0.4) is 0 Å². The van der Waals surface area contributed by atoms with E-state index in [1.54, 1.807) is 0 Å². The molecular formula is C16H14BrN3O. The Morgan fingerprint density at radius 3 is 2.52 bits per heavy atom. The first-order chi connectivity index (χ1) is 10.2. The van der Waals surface area contributed by atoms with Gasteiger partial charge in [0.25, 0.3) is 0 Å². The zero-order valence-electron chi connectivity index (χ0n) is 11.3. The number of nitrogens with one attached hydrogen (secondary N) is 2. The van der Waals surface area contributed by atoms with Crippen LogP contribution in [0.15, 0.2) is 53.0 Å². The summed E-state index contributed by atoms with van der Waals surface area (Å²) in [6.45, 7) is 0.179. The number of rotatable bonds is 5. The molecule has 4 nitrogen and oxygen atoms in total. The molecule has 1 amide bonds. The molecule has 0 atom stereocenters. The molecular weight excluding hydrogens is 330 g/mol. The average molecular weight is 344 g/mol. The Labute approximate surface area is 131 Å². The Hall–Kier alpha value is -2.32. The molecule has 0 aliphatic heterocycles. The summed E-state index contributed by atoms with van der Waals surface area (Å²) in [7, 11) is 0. The Bertz CT molecular complexity index is 662. The SMILES string of the molecule is N#CCc1ccc(NCC(=O)Nc2ccccc2Br)cc1. The van der Waals surface area contributed by atoms with Crippen LogP contribution < -0.4 is 10.6 Å². The summed E-state index contributed by atoms with van der Waals surface area (Å²) in [6.07, 6.45) is 0.392. The predicted molar refractivity (Wildman–Crippen MR) is 87.0 cm³/mol. The molecule has 0 unspecified atom stereocenters. The van der Waals surface area contributed by atoms with E-state index in [-0.39, 0.29) is 12.5 Å². The second kappa shape index (κ2) is 7.46. The molecule has 0 aliphatic rings. The fourth-order valence-electron chi connectivity index (χ4n) is 1.77. The van der Waals surface area contributed by atoms with E-state index >= 15 is 0 Å². The molecule has 0 heterocycles. The van der Waals surface area contributed by atoms with Crippen LogP contribution in [0.25, 0.3) is 0 Å². The highest BCUT2D eigenvalue weighted by Gasteiger charge is 2.04. The Morgan fingerprint density at radius 1 is 1.14 bits per heavy atom. The van der Waals surface area contributed by atoms with E-state index in [0.29, 0.717) is 6.42 Å². The fourth-order valence-corrected chi connectivity index (χ4v) is 2.15. The number of anilines is 2. The second-order valence-electron chi connectivity index (χ2n) is 4.41. The summed E-state index contributed by atoms with van der Waals surface area (Å²) < 4.78 is 0.846. The molecule has 2 rings (SSSR count). The number of nitriles is 1. The maximum Gasteiger partial charge on any atom is 0.243 e. The summed E-state index contributed by atoms with van der Waals surface area (Å²) in [4.78, 5) is 11.9. The van der Waals surface area contributed by atoms with Gasteiger partial charge in [0, 0.05) is 10.2 Å². The van der Waals surface area contributed by atoms with Gasteiger partial charge in [0.15, 0.2) is 0 Å². The predicted octanol–water partition coefficient (Wildman–Crippen LogP) is 3.57. The van der Waals surface area contributed by atoms with Crippen LogP contribution in [0.4, 0.5) is 11.4 Å². The van der Waals surface area contributed by atoms with Crippen LogP contribution >= 0.6 is 15.9 Å². The molecule has 106 valence electrons. The summed E-state index contributed by atoms with van der Waals surface area (Å²) >= 11 is 3.38. The number of para-hydroxylation sites is 1. The van der Waals surface area contributed by atoms with Gasteiger partial charge in [-0.3, -0.25) is 4.79 Å². The number of benzene rings is 2. The second-order valence-corrected chi connectivity index (χ2v) is 5.27. The van der Waals surface area contributed by atoms with Crippen molar-refractivity contribution in [3.63, 3.8) is 0 Å². The summed E-state index contributed by atoms with van der Waals surface area (Å²) in [5, 5.41) is 14.5. The minimum absolute atomic E-state index is 0.122. The number of halogens is 1. The van der Waals surface area contributed by atoms with Crippen LogP contribution in [0.5, 0.6) is 0 Å². The lowest BCUT2D eigenvalue weighted by atomic mass is 10.1. The van der Waals surface area contributed by atoms with Gasteiger partial charge in [0.1, 0.15) is 0 Å². The highest BCUT2D eigenvalue weighted by molar-refractivity contribution is 9.10. The molecule has 5 heteroatoms. The van der Waals surface area contributed by atoms with E-state index < -0.39 is 0 Å². The largest absolute Gasteiger partial charge is 0.376 e. The zero-order valence-corrected chi connectivity index (χ0v) is 12.9.